The number of imidazole rings is 1. The number of benzene rings is 1. The zero-order chi connectivity index (χ0) is 11.7. The Morgan fingerprint density at radius 3 is 2.88 bits per heavy atom. The molecule has 4 nitrogen and oxygen atoms in total. The lowest BCUT2D eigenvalue weighted by atomic mass is 10.3. The fourth-order valence-corrected chi connectivity index (χ4v) is 1.87. The molecule has 4 heteroatoms. The first-order valence-corrected chi connectivity index (χ1v) is 5.37. The number of hydrogen-bond acceptors (Lipinski definition) is 3. The van der Waals surface area contributed by atoms with Crippen molar-refractivity contribution in [2.45, 2.75) is 6.61 Å². The van der Waals surface area contributed by atoms with Crippen LogP contribution in [0.2, 0.25) is 0 Å². The Bertz CT molecular complexity index is 660. The third-order valence-electron chi connectivity index (χ3n) is 2.69. The zero-order valence-electron chi connectivity index (χ0n) is 9.11. The average Bonchev–Trinajstić information content (AvgIpc) is 2.82. The van der Waals surface area contributed by atoms with Crippen molar-refractivity contribution in [1.82, 2.24) is 14.5 Å². The molecule has 2 heterocycles. The highest BCUT2D eigenvalue weighted by Crippen LogP contribution is 2.17. The van der Waals surface area contributed by atoms with Crippen LogP contribution in [0, 0.1) is 0 Å². The second-order valence-electron chi connectivity index (χ2n) is 3.77. The molecule has 17 heavy (non-hydrogen) atoms. The van der Waals surface area contributed by atoms with Gasteiger partial charge in [-0.05, 0) is 24.3 Å². The van der Waals surface area contributed by atoms with E-state index in [1.165, 1.54) is 0 Å². The topological polar surface area (TPSA) is 50.9 Å². The minimum absolute atomic E-state index is 0.0551. The van der Waals surface area contributed by atoms with Crippen LogP contribution in [0.1, 0.15) is 5.69 Å². The second kappa shape index (κ2) is 3.99. The first-order valence-electron chi connectivity index (χ1n) is 5.37. The van der Waals surface area contributed by atoms with Crippen molar-refractivity contribution in [3.8, 4) is 5.69 Å². The molecule has 0 saturated carbocycles. The van der Waals surface area contributed by atoms with Crippen molar-refractivity contribution in [2.24, 2.45) is 0 Å². The molecule has 0 aliphatic rings. The van der Waals surface area contributed by atoms with E-state index in [0.717, 1.165) is 16.7 Å². The largest absolute Gasteiger partial charge is 0.390 e. The fourth-order valence-electron chi connectivity index (χ4n) is 1.87. The molecule has 0 amide bonds. The van der Waals surface area contributed by atoms with Gasteiger partial charge in [-0.1, -0.05) is 12.1 Å². The number of aromatic nitrogens is 3. The summed E-state index contributed by atoms with van der Waals surface area (Å²) in [5, 5.41) is 9.09. The molecule has 0 aliphatic heterocycles. The van der Waals surface area contributed by atoms with Crippen molar-refractivity contribution in [3.63, 3.8) is 0 Å². The molecule has 0 fully saturated rings. The molecular formula is C13H11N3O. The lowest BCUT2D eigenvalue weighted by Gasteiger charge is -2.05. The predicted molar refractivity (Wildman–Crippen MR) is 64.8 cm³/mol. The Balaban J connectivity index is 2.20. The number of aliphatic hydroxyl groups excluding tert-OH is 1. The smallest absolute Gasteiger partial charge is 0.100 e. The van der Waals surface area contributed by atoms with Crippen LogP contribution >= 0.6 is 0 Å². The SMILES string of the molecule is OCc1cc(-n2cnc3ccccc32)ccn1. The van der Waals surface area contributed by atoms with Gasteiger partial charge in [-0.3, -0.25) is 9.55 Å². The summed E-state index contributed by atoms with van der Waals surface area (Å²) in [6.07, 6.45) is 3.47. The van der Waals surface area contributed by atoms with Gasteiger partial charge in [-0.15, -0.1) is 0 Å². The van der Waals surface area contributed by atoms with Crippen LogP contribution in [0.4, 0.5) is 0 Å². The average molecular weight is 225 g/mol. The van der Waals surface area contributed by atoms with Crippen LogP contribution < -0.4 is 0 Å². The summed E-state index contributed by atoms with van der Waals surface area (Å²) in [6, 6.07) is 11.7. The predicted octanol–water partition coefficient (Wildman–Crippen LogP) is 1.91. The molecule has 0 atom stereocenters. The molecule has 0 aliphatic carbocycles. The van der Waals surface area contributed by atoms with Gasteiger partial charge in [0.1, 0.15) is 6.33 Å². The molecule has 3 aromatic rings. The van der Waals surface area contributed by atoms with Crippen molar-refractivity contribution >= 4 is 11.0 Å². The van der Waals surface area contributed by atoms with E-state index in [1.807, 2.05) is 41.0 Å². The highest BCUT2D eigenvalue weighted by Gasteiger charge is 2.04. The summed E-state index contributed by atoms with van der Waals surface area (Å²) in [5.74, 6) is 0. The Labute approximate surface area is 98.2 Å². The number of para-hydroxylation sites is 2. The van der Waals surface area contributed by atoms with E-state index in [1.54, 1.807) is 12.5 Å². The number of rotatable bonds is 2. The molecule has 1 N–H and O–H groups in total. The number of nitrogens with zero attached hydrogens (tertiary/aromatic N) is 3. The quantitative estimate of drug-likeness (QED) is 0.724. The van der Waals surface area contributed by atoms with Crippen LogP contribution in [-0.4, -0.2) is 19.6 Å². The summed E-state index contributed by atoms with van der Waals surface area (Å²) in [5.41, 5.74) is 3.61. The minimum atomic E-state index is -0.0551. The van der Waals surface area contributed by atoms with E-state index < -0.39 is 0 Å². The van der Waals surface area contributed by atoms with Gasteiger partial charge in [-0.2, -0.15) is 0 Å². The highest BCUT2D eigenvalue weighted by atomic mass is 16.3. The third kappa shape index (κ3) is 1.68. The van der Waals surface area contributed by atoms with Crippen LogP contribution in [-0.2, 0) is 6.61 Å². The minimum Gasteiger partial charge on any atom is -0.390 e. The Kier molecular flexibility index (Phi) is 2.34. The number of fused-ring (bicyclic) bond motifs is 1. The van der Waals surface area contributed by atoms with Gasteiger partial charge in [0.15, 0.2) is 0 Å². The summed E-state index contributed by atoms with van der Waals surface area (Å²) < 4.78 is 1.98. The summed E-state index contributed by atoms with van der Waals surface area (Å²) in [4.78, 5) is 8.39. The standard InChI is InChI=1S/C13H11N3O/c17-8-10-7-11(5-6-14-10)16-9-15-12-3-1-2-4-13(12)16/h1-7,9,17H,8H2. The van der Waals surface area contributed by atoms with Gasteiger partial charge in [0.2, 0.25) is 0 Å². The van der Waals surface area contributed by atoms with Crippen LogP contribution in [0.3, 0.4) is 0 Å². The lowest BCUT2D eigenvalue weighted by molar-refractivity contribution is 0.277. The monoisotopic (exact) mass is 225 g/mol. The van der Waals surface area contributed by atoms with E-state index >= 15 is 0 Å². The van der Waals surface area contributed by atoms with Gasteiger partial charge < -0.3 is 5.11 Å². The number of aliphatic hydroxyl groups is 1. The molecule has 0 spiro atoms. The first-order chi connectivity index (χ1) is 8.38. The van der Waals surface area contributed by atoms with Crippen molar-refractivity contribution in [3.05, 3.63) is 54.6 Å². The van der Waals surface area contributed by atoms with Crippen molar-refractivity contribution < 1.29 is 5.11 Å². The number of hydrogen-bond donors (Lipinski definition) is 1. The van der Waals surface area contributed by atoms with E-state index in [9.17, 15) is 0 Å². The van der Waals surface area contributed by atoms with Crippen LogP contribution in [0.5, 0.6) is 0 Å². The van der Waals surface area contributed by atoms with Gasteiger partial charge in [-0.25, -0.2) is 4.98 Å². The molecule has 2 aromatic heterocycles. The lowest BCUT2D eigenvalue weighted by Crippen LogP contribution is -1.95. The summed E-state index contributed by atoms with van der Waals surface area (Å²) >= 11 is 0. The Morgan fingerprint density at radius 2 is 2.00 bits per heavy atom. The Morgan fingerprint density at radius 1 is 1.12 bits per heavy atom. The zero-order valence-corrected chi connectivity index (χ0v) is 9.11. The third-order valence-corrected chi connectivity index (χ3v) is 2.69. The van der Waals surface area contributed by atoms with Gasteiger partial charge >= 0.3 is 0 Å². The van der Waals surface area contributed by atoms with Crippen molar-refractivity contribution in [1.29, 1.82) is 0 Å². The fraction of sp³-hybridized carbons (Fsp3) is 0.0769. The Hall–Kier alpha value is -2.20. The van der Waals surface area contributed by atoms with Crippen molar-refractivity contribution in [2.75, 3.05) is 0 Å². The molecule has 0 saturated heterocycles. The van der Waals surface area contributed by atoms with Crippen LogP contribution in [0.15, 0.2) is 48.9 Å². The molecule has 0 unspecified atom stereocenters. The summed E-state index contributed by atoms with van der Waals surface area (Å²) in [6.45, 7) is -0.0551. The maximum Gasteiger partial charge on any atom is 0.100 e. The molecule has 3 rings (SSSR count). The maximum atomic E-state index is 9.09. The van der Waals surface area contributed by atoms with E-state index in [4.69, 9.17) is 5.11 Å². The van der Waals surface area contributed by atoms with Crippen LogP contribution in [0.25, 0.3) is 16.7 Å². The highest BCUT2D eigenvalue weighted by molar-refractivity contribution is 5.77. The first kappa shape index (κ1) is 9.99. The van der Waals surface area contributed by atoms with Gasteiger partial charge in [0, 0.05) is 6.20 Å². The maximum absolute atomic E-state index is 9.09. The molecule has 0 radical (unpaired) electrons. The normalized spacial score (nSPS) is 10.9. The molecule has 84 valence electrons. The second-order valence-corrected chi connectivity index (χ2v) is 3.77. The number of pyridine rings is 1. The molecular weight excluding hydrogens is 214 g/mol. The van der Waals surface area contributed by atoms with E-state index in [-0.39, 0.29) is 6.61 Å². The van der Waals surface area contributed by atoms with Gasteiger partial charge in [0.25, 0.3) is 0 Å². The van der Waals surface area contributed by atoms with E-state index in [2.05, 4.69) is 9.97 Å². The van der Waals surface area contributed by atoms with E-state index in [0.29, 0.717) is 5.69 Å². The summed E-state index contributed by atoms with van der Waals surface area (Å²) in [7, 11) is 0. The van der Waals surface area contributed by atoms with Gasteiger partial charge in [0.05, 0.1) is 29.0 Å². The molecule has 1 aromatic carbocycles. The molecule has 0 bridgehead atoms.